The van der Waals surface area contributed by atoms with Crippen molar-refractivity contribution in [2.45, 2.75) is 31.8 Å². The fraction of sp³-hybridized carbons (Fsp3) is 0.278. The van der Waals surface area contributed by atoms with Gasteiger partial charge in [-0.2, -0.15) is 9.40 Å². The molecule has 0 spiro atoms. The van der Waals surface area contributed by atoms with Gasteiger partial charge in [0.2, 0.25) is 10.0 Å². The van der Waals surface area contributed by atoms with Crippen molar-refractivity contribution in [2.75, 3.05) is 7.05 Å². The van der Waals surface area contributed by atoms with E-state index in [1.165, 1.54) is 17.6 Å². The van der Waals surface area contributed by atoms with E-state index in [9.17, 15) is 8.42 Å². The van der Waals surface area contributed by atoms with E-state index >= 15 is 0 Å². The van der Waals surface area contributed by atoms with Crippen LogP contribution in [0.25, 0.3) is 0 Å². The zero-order chi connectivity index (χ0) is 19.8. The topological polar surface area (TPSA) is 68.3 Å². The highest BCUT2D eigenvalue weighted by atomic mass is 35.5. The summed E-state index contributed by atoms with van der Waals surface area (Å²) in [4.78, 5) is 0.180. The molecule has 0 bridgehead atoms. The van der Waals surface area contributed by atoms with Gasteiger partial charge in [-0.05, 0) is 38.1 Å². The van der Waals surface area contributed by atoms with Crippen LogP contribution in [-0.4, -0.2) is 29.6 Å². The van der Waals surface area contributed by atoms with Crippen LogP contribution in [0.1, 0.15) is 22.7 Å². The van der Waals surface area contributed by atoms with Crippen LogP contribution < -0.4 is 0 Å². The number of aromatic nitrogens is 2. The van der Waals surface area contributed by atoms with E-state index in [1.54, 1.807) is 48.9 Å². The van der Waals surface area contributed by atoms with Crippen LogP contribution in [0.2, 0.25) is 10.0 Å². The number of rotatable bonds is 6. The average molecular weight is 428 g/mol. The number of hydrogen-bond donors (Lipinski definition) is 0. The molecule has 144 valence electrons. The third-order valence-electron chi connectivity index (χ3n) is 4.31. The van der Waals surface area contributed by atoms with Crippen molar-refractivity contribution in [2.24, 2.45) is 0 Å². The van der Waals surface area contributed by atoms with Crippen LogP contribution in [0.5, 0.6) is 0 Å². The fourth-order valence-electron chi connectivity index (χ4n) is 2.90. The summed E-state index contributed by atoms with van der Waals surface area (Å²) in [6.45, 7) is 3.81. The van der Waals surface area contributed by atoms with Gasteiger partial charge in [-0.15, -0.1) is 0 Å². The normalized spacial score (nSPS) is 12.1. The molecule has 0 unspecified atom stereocenters. The predicted octanol–water partition coefficient (Wildman–Crippen LogP) is 4.27. The first-order valence-electron chi connectivity index (χ1n) is 8.17. The first kappa shape index (κ1) is 19.9. The van der Waals surface area contributed by atoms with E-state index in [4.69, 9.17) is 27.6 Å². The van der Waals surface area contributed by atoms with Crippen molar-refractivity contribution < 1.29 is 12.8 Å². The number of benzene rings is 1. The van der Waals surface area contributed by atoms with Crippen LogP contribution in [0.15, 0.2) is 45.9 Å². The Balaban J connectivity index is 1.95. The molecule has 27 heavy (non-hydrogen) atoms. The van der Waals surface area contributed by atoms with Crippen molar-refractivity contribution in [1.29, 1.82) is 0 Å². The molecular formula is C18H19Cl2N3O3S. The summed E-state index contributed by atoms with van der Waals surface area (Å²) in [7, 11) is -2.23. The molecule has 6 nitrogen and oxygen atoms in total. The maximum absolute atomic E-state index is 13.1. The first-order valence-corrected chi connectivity index (χ1v) is 10.4. The highest BCUT2D eigenvalue weighted by Gasteiger charge is 2.29. The summed E-state index contributed by atoms with van der Waals surface area (Å²) in [5.41, 5.74) is 1.64. The van der Waals surface area contributed by atoms with Gasteiger partial charge in [0.15, 0.2) is 0 Å². The van der Waals surface area contributed by atoms with Gasteiger partial charge in [0.25, 0.3) is 0 Å². The molecule has 3 aromatic rings. The lowest BCUT2D eigenvalue weighted by molar-refractivity contribution is 0.406. The fourth-order valence-corrected chi connectivity index (χ4v) is 4.92. The van der Waals surface area contributed by atoms with E-state index < -0.39 is 10.0 Å². The van der Waals surface area contributed by atoms with Crippen LogP contribution in [0, 0.1) is 13.8 Å². The second-order valence-corrected chi connectivity index (χ2v) is 8.99. The molecule has 9 heteroatoms. The highest BCUT2D eigenvalue weighted by molar-refractivity contribution is 7.89. The molecule has 3 rings (SSSR count). The van der Waals surface area contributed by atoms with Crippen molar-refractivity contribution in [3.63, 3.8) is 0 Å². The van der Waals surface area contributed by atoms with Gasteiger partial charge in [-0.25, -0.2) is 8.42 Å². The number of halogens is 2. The Labute approximate surface area is 168 Å². The summed E-state index contributed by atoms with van der Waals surface area (Å²) in [6.07, 6.45) is 1.51. The van der Waals surface area contributed by atoms with Crippen molar-refractivity contribution in [1.82, 2.24) is 14.1 Å². The van der Waals surface area contributed by atoms with Crippen molar-refractivity contribution in [3.05, 3.63) is 69.4 Å². The largest absolute Gasteiger partial charge is 0.468 e. The monoisotopic (exact) mass is 427 g/mol. The summed E-state index contributed by atoms with van der Waals surface area (Å²) >= 11 is 12.5. The zero-order valence-corrected chi connectivity index (χ0v) is 17.4. The standard InChI is InChI=1S/C18H19Cl2N3O3S/c1-12-18(27(24,25)22(3)10-14-6-5-9-26-14)13(2)23(21-12)11-15-16(19)7-4-8-17(15)20/h4-9H,10-11H2,1-3H3. The lowest BCUT2D eigenvalue weighted by Crippen LogP contribution is -2.27. The summed E-state index contributed by atoms with van der Waals surface area (Å²) in [5.74, 6) is 0.562. The molecule has 1 aromatic carbocycles. The summed E-state index contributed by atoms with van der Waals surface area (Å²) < 4.78 is 34.3. The number of furan rings is 1. The Kier molecular flexibility index (Phi) is 5.67. The molecule has 0 aliphatic heterocycles. The van der Waals surface area contributed by atoms with Gasteiger partial charge >= 0.3 is 0 Å². The van der Waals surface area contributed by atoms with Crippen LogP contribution in [0.4, 0.5) is 0 Å². The Bertz CT molecular complexity index is 1040. The second-order valence-electron chi connectivity index (χ2n) is 6.20. The number of hydrogen-bond acceptors (Lipinski definition) is 4. The SMILES string of the molecule is Cc1nn(Cc2c(Cl)cccc2Cl)c(C)c1S(=O)(=O)N(C)Cc1ccco1. The molecule has 2 heterocycles. The van der Waals surface area contributed by atoms with Gasteiger partial charge in [0.1, 0.15) is 10.7 Å². The average Bonchev–Trinajstić information content (AvgIpc) is 3.19. The molecule has 0 amide bonds. The number of aryl methyl sites for hydroxylation is 1. The highest BCUT2D eigenvalue weighted by Crippen LogP contribution is 2.28. The minimum atomic E-state index is -3.74. The number of nitrogens with zero attached hydrogens (tertiary/aromatic N) is 3. The van der Waals surface area contributed by atoms with E-state index in [1.807, 2.05) is 0 Å². The Morgan fingerprint density at radius 3 is 2.41 bits per heavy atom. The molecule has 0 saturated carbocycles. The minimum Gasteiger partial charge on any atom is -0.468 e. The second kappa shape index (κ2) is 7.67. The van der Waals surface area contributed by atoms with E-state index in [-0.39, 0.29) is 18.0 Å². The van der Waals surface area contributed by atoms with Gasteiger partial charge in [-0.3, -0.25) is 4.68 Å². The lowest BCUT2D eigenvalue weighted by atomic mass is 10.2. The van der Waals surface area contributed by atoms with Crippen molar-refractivity contribution in [3.8, 4) is 0 Å². The van der Waals surface area contributed by atoms with Crippen LogP contribution in [-0.2, 0) is 23.1 Å². The molecule has 0 atom stereocenters. The smallest absolute Gasteiger partial charge is 0.246 e. The van der Waals surface area contributed by atoms with E-state index in [0.717, 1.165) is 0 Å². The maximum Gasteiger partial charge on any atom is 0.246 e. The van der Waals surface area contributed by atoms with Gasteiger partial charge in [-0.1, -0.05) is 29.3 Å². The number of sulfonamides is 1. The Morgan fingerprint density at radius 2 is 1.81 bits per heavy atom. The Morgan fingerprint density at radius 1 is 1.15 bits per heavy atom. The van der Waals surface area contributed by atoms with E-state index in [0.29, 0.717) is 32.8 Å². The maximum atomic E-state index is 13.1. The Hall–Kier alpha value is -1.80. The molecule has 0 radical (unpaired) electrons. The molecule has 0 fully saturated rings. The minimum absolute atomic E-state index is 0.135. The predicted molar refractivity (Wildman–Crippen MR) is 105 cm³/mol. The zero-order valence-electron chi connectivity index (χ0n) is 15.1. The van der Waals surface area contributed by atoms with Crippen LogP contribution in [0.3, 0.4) is 0 Å². The quantitative estimate of drug-likeness (QED) is 0.588. The third-order valence-corrected chi connectivity index (χ3v) is 7.08. The molecule has 0 saturated heterocycles. The first-order chi connectivity index (χ1) is 12.7. The van der Waals surface area contributed by atoms with E-state index in [2.05, 4.69) is 5.10 Å². The molecular weight excluding hydrogens is 409 g/mol. The van der Waals surface area contributed by atoms with Gasteiger partial charge in [0.05, 0.1) is 30.7 Å². The summed E-state index contributed by atoms with van der Waals surface area (Å²) in [5, 5.41) is 5.42. The van der Waals surface area contributed by atoms with Gasteiger partial charge < -0.3 is 4.42 Å². The van der Waals surface area contributed by atoms with Crippen molar-refractivity contribution >= 4 is 33.2 Å². The van der Waals surface area contributed by atoms with Gasteiger partial charge in [0, 0.05) is 22.7 Å². The van der Waals surface area contributed by atoms with Crippen LogP contribution >= 0.6 is 23.2 Å². The molecule has 2 aromatic heterocycles. The lowest BCUT2D eigenvalue weighted by Gasteiger charge is -2.16. The molecule has 0 aliphatic rings. The summed E-state index contributed by atoms with van der Waals surface area (Å²) in [6, 6.07) is 8.69. The molecule has 0 aliphatic carbocycles. The third kappa shape index (κ3) is 3.91. The molecule has 0 N–H and O–H groups in total.